The number of methoxy groups -OCH3 is 1. The standard InChI is InChI=1S/C26H17ClN4O2S/c1-33-22-12-11-16(13-19(22)27)24-17(15-30(29-24)18-7-3-2-4-8-18)14-23-25(32)31-21-10-6-5-9-20(21)28-26(31)34-23/h2-15H,1H3. The first-order valence-electron chi connectivity index (χ1n) is 10.5. The number of halogens is 1. The summed E-state index contributed by atoms with van der Waals surface area (Å²) in [4.78, 5) is 18.6. The Hall–Kier alpha value is -3.94. The molecule has 34 heavy (non-hydrogen) atoms. The van der Waals surface area contributed by atoms with Crippen LogP contribution in [-0.4, -0.2) is 26.3 Å². The van der Waals surface area contributed by atoms with E-state index in [0.717, 1.165) is 27.8 Å². The fourth-order valence-corrected chi connectivity index (χ4v) is 5.23. The molecule has 0 aliphatic heterocycles. The van der Waals surface area contributed by atoms with Crippen LogP contribution in [0.4, 0.5) is 0 Å². The number of rotatable bonds is 4. The largest absolute Gasteiger partial charge is 0.495 e. The zero-order chi connectivity index (χ0) is 23.2. The third kappa shape index (κ3) is 3.37. The minimum atomic E-state index is -0.0973. The van der Waals surface area contributed by atoms with Crippen molar-refractivity contribution in [2.24, 2.45) is 0 Å². The summed E-state index contributed by atoms with van der Waals surface area (Å²) >= 11 is 7.77. The number of imidazole rings is 1. The van der Waals surface area contributed by atoms with Crippen LogP contribution in [0, 0.1) is 0 Å². The lowest BCUT2D eigenvalue weighted by molar-refractivity contribution is 0.415. The average Bonchev–Trinajstić information content (AvgIpc) is 3.53. The fourth-order valence-electron chi connectivity index (χ4n) is 4.00. The van der Waals surface area contributed by atoms with Gasteiger partial charge in [-0.1, -0.05) is 53.3 Å². The van der Waals surface area contributed by atoms with Gasteiger partial charge in [0.2, 0.25) is 0 Å². The molecule has 6 aromatic rings. The maximum Gasteiger partial charge on any atom is 0.274 e. The minimum Gasteiger partial charge on any atom is -0.495 e. The van der Waals surface area contributed by atoms with Crippen molar-refractivity contribution in [3.05, 3.63) is 104 Å². The van der Waals surface area contributed by atoms with Crippen LogP contribution < -0.4 is 14.8 Å². The number of aromatic nitrogens is 4. The fraction of sp³-hybridized carbons (Fsp3) is 0.0385. The lowest BCUT2D eigenvalue weighted by Gasteiger charge is -2.05. The highest BCUT2D eigenvalue weighted by molar-refractivity contribution is 7.15. The molecule has 8 heteroatoms. The zero-order valence-electron chi connectivity index (χ0n) is 18.0. The number of hydrogen-bond acceptors (Lipinski definition) is 5. The summed E-state index contributed by atoms with van der Waals surface area (Å²) < 4.78 is 9.35. The van der Waals surface area contributed by atoms with Gasteiger partial charge in [-0.2, -0.15) is 5.10 Å². The van der Waals surface area contributed by atoms with Crippen molar-refractivity contribution in [3.8, 4) is 22.7 Å². The predicted molar refractivity (Wildman–Crippen MR) is 136 cm³/mol. The summed E-state index contributed by atoms with van der Waals surface area (Å²) in [5, 5.41) is 5.32. The van der Waals surface area contributed by atoms with Crippen LogP contribution in [0.25, 0.3) is 39.0 Å². The van der Waals surface area contributed by atoms with Crippen molar-refractivity contribution < 1.29 is 4.74 Å². The number of thiazole rings is 1. The molecule has 6 nitrogen and oxygen atoms in total. The number of ether oxygens (including phenoxy) is 1. The van der Waals surface area contributed by atoms with E-state index in [0.29, 0.717) is 26.0 Å². The summed E-state index contributed by atoms with van der Waals surface area (Å²) in [6.45, 7) is 0. The van der Waals surface area contributed by atoms with Crippen LogP contribution in [-0.2, 0) is 0 Å². The Morgan fingerprint density at radius 3 is 2.62 bits per heavy atom. The topological polar surface area (TPSA) is 61.4 Å². The highest BCUT2D eigenvalue weighted by Crippen LogP contribution is 2.32. The van der Waals surface area contributed by atoms with Crippen LogP contribution in [0.3, 0.4) is 0 Å². The predicted octanol–water partition coefficient (Wildman–Crippen LogP) is 4.97. The smallest absolute Gasteiger partial charge is 0.274 e. The van der Waals surface area contributed by atoms with Gasteiger partial charge in [-0.05, 0) is 48.5 Å². The molecule has 3 heterocycles. The SMILES string of the molecule is COc1ccc(-c2nn(-c3ccccc3)cc2C=c2sc3nc4ccccc4n3c2=O)cc1Cl. The van der Waals surface area contributed by atoms with Crippen LogP contribution in [0.1, 0.15) is 5.56 Å². The Kier molecular flexibility index (Phi) is 4.94. The van der Waals surface area contributed by atoms with E-state index in [1.807, 2.05) is 85.1 Å². The normalized spacial score (nSPS) is 12.1. The number of benzene rings is 3. The van der Waals surface area contributed by atoms with E-state index in [4.69, 9.17) is 21.4 Å². The highest BCUT2D eigenvalue weighted by Gasteiger charge is 2.15. The lowest BCUT2D eigenvalue weighted by Crippen LogP contribution is -2.22. The third-order valence-electron chi connectivity index (χ3n) is 5.62. The van der Waals surface area contributed by atoms with E-state index >= 15 is 0 Å². The Morgan fingerprint density at radius 2 is 1.82 bits per heavy atom. The first-order chi connectivity index (χ1) is 16.6. The van der Waals surface area contributed by atoms with Crippen molar-refractivity contribution in [2.45, 2.75) is 0 Å². The summed E-state index contributed by atoms with van der Waals surface area (Å²) in [5.41, 5.74) is 4.77. The van der Waals surface area contributed by atoms with E-state index < -0.39 is 0 Å². The Bertz CT molecular complexity index is 1790. The molecule has 0 aliphatic carbocycles. The second kappa shape index (κ2) is 8.13. The third-order valence-corrected chi connectivity index (χ3v) is 6.88. The lowest BCUT2D eigenvalue weighted by atomic mass is 10.1. The molecule has 166 valence electrons. The Labute approximate surface area is 202 Å². The first kappa shape index (κ1) is 20.7. The van der Waals surface area contributed by atoms with E-state index in [1.54, 1.807) is 16.2 Å². The highest BCUT2D eigenvalue weighted by atomic mass is 35.5. The zero-order valence-corrected chi connectivity index (χ0v) is 19.5. The average molecular weight is 485 g/mol. The summed E-state index contributed by atoms with van der Waals surface area (Å²) in [7, 11) is 1.58. The van der Waals surface area contributed by atoms with Crippen LogP contribution in [0.5, 0.6) is 5.75 Å². The van der Waals surface area contributed by atoms with Gasteiger partial charge in [0.15, 0.2) is 4.96 Å². The maximum absolute atomic E-state index is 13.3. The molecule has 0 bridgehead atoms. The number of para-hydroxylation sites is 3. The first-order valence-corrected chi connectivity index (χ1v) is 11.7. The number of fused-ring (bicyclic) bond motifs is 3. The molecule has 0 amide bonds. The van der Waals surface area contributed by atoms with Crippen LogP contribution in [0.2, 0.25) is 5.02 Å². The Morgan fingerprint density at radius 1 is 1.03 bits per heavy atom. The molecule has 0 saturated carbocycles. The second-order valence-corrected chi connectivity index (χ2v) is 9.11. The van der Waals surface area contributed by atoms with E-state index in [-0.39, 0.29) is 5.56 Å². The Balaban J connectivity index is 1.58. The van der Waals surface area contributed by atoms with Crippen molar-refractivity contribution >= 4 is 45.0 Å². The van der Waals surface area contributed by atoms with Gasteiger partial charge in [-0.15, -0.1) is 0 Å². The van der Waals surface area contributed by atoms with Crippen LogP contribution >= 0.6 is 22.9 Å². The van der Waals surface area contributed by atoms with Gasteiger partial charge in [0.25, 0.3) is 5.56 Å². The van der Waals surface area contributed by atoms with Gasteiger partial charge in [0.05, 0.1) is 33.4 Å². The van der Waals surface area contributed by atoms with Gasteiger partial charge in [-0.3, -0.25) is 4.79 Å². The molecule has 0 fully saturated rings. The minimum absolute atomic E-state index is 0.0973. The van der Waals surface area contributed by atoms with E-state index in [2.05, 4.69) is 4.98 Å². The van der Waals surface area contributed by atoms with Gasteiger partial charge in [-0.25, -0.2) is 14.1 Å². The second-order valence-electron chi connectivity index (χ2n) is 7.70. The van der Waals surface area contributed by atoms with E-state index in [9.17, 15) is 4.79 Å². The molecule has 0 aliphatic rings. The summed E-state index contributed by atoms with van der Waals surface area (Å²) in [6.07, 6.45) is 3.79. The van der Waals surface area contributed by atoms with E-state index in [1.165, 1.54) is 11.3 Å². The van der Waals surface area contributed by atoms with Gasteiger partial charge in [0.1, 0.15) is 11.4 Å². The van der Waals surface area contributed by atoms with Gasteiger partial charge < -0.3 is 4.74 Å². The van der Waals surface area contributed by atoms with Crippen molar-refractivity contribution in [2.75, 3.05) is 7.11 Å². The molecule has 0 unspecified atom stereocenters. The monoisotopic (exact) mass is 484 g/mol. The molecular weight excluding hydrogens is 468 g/mol. The van der Waals surface area contributed by atoms with Crippen molar-refractivity contribution in [1.82, 2.24) is 19.2 Å². The number of hydrogen-bond donors (Lipinski definition) is 0. The summed E-state index contributed by atoms with van der Waals surface area (Å²) in [5.74, 6) is 0.589. The maximum atomic E-state index is 13.3. The van der Waals surface area contributed by atoms with Crippen molar-refractivity contribution in [3.63, 3.8) is 0 Å². The molecule has 0 saturated heterocycles. The molecule has 0 radical (unpaired) electrons. The molecular formula is C26H17ClN4O2S. The van der Waals surface area contributed by atoms with Gasteiger partial charge in [0, 0.05) is 17.3 Å². The molecule has 0 atom stereocenters. The van der Waals surface area contributed by atoms with Gasteiger partial charge >= 0.3 is 0 Å². The van der Waals surface area contributed by atoms with Crippen LogP contribution in [0.15, 0.2) is 83.8 Å². The molecule has 0 spiro atoms. The molecule has 3 aromatic heterocycles. The van der Waals surface area contributed by atoms with Crippen molar-refractivity contribution in [1.29, 1.82) is 0 Å². The molecule has 3 aromatic carbocycles. The molecule has 6 rings (SSSR count). The quantitative estimate of drug-likeness (QED) is 0.354. The molecule has 0 N–H and O–H groups in total. The summed E-state index contributed by atoms with van der Waals surface area (Å²) in [6, 6.07) is 23.0. The number of nitrogens with zero attached hydrogens (tertiary/aromatic N) is 4.